The third kappa shape index (κ3) is 8.09. The average molecular weight is 502 g/mol. The molecule has 2 rings (SSSR count). The number of aryl methyl sites for hydroxylation is 1. The van der Waals surface area contributed by atoms with E-state index in [1.54, 1.807) is 19.1 Å². The van der Waals surface area contributed by atoms with Gasteiger partial charge in [0.25, 0.3) is 0 Å². The summed E-state index contributed by atoms with van der Waals surface area (Å²) in [5, 5.41) is 2.83. The molecule has 0 fully saturated rings. The summed E-state index contributed by atoms with van der Waals surface area (Å²) in [4.78, 5) is 27.7. The smallest absolute Gasteiger partial charge is 0.244 e. The normalized spacial score (nSPS) is 12.7. The molecule has 0 aromatic heterocycles. The summed E-state index contributed by atoms with van der Waals surface area (Å²) in [5.74, 6) is -0.720. The molecule has 1 atom stereocenters. The fourth-order valence-corrected chi connectivity index (χ4v) is 4.46. The number of amides is 2. The number of hydrogen-bond donors (Lipinski definition) is 1. The van der Waals surface area contributed by atoms with Crippen LogP contribution in [-0.2, 0) is 31.6 Å². The number of nitrogens with one attached hydrogen (secondary N) is 1. The van der Waals surface area contributed by atoms with Gasteiger partial charge < -0.3 is 10.2 Å². The van der Waals surface area contributed by atoms with Crippen LogP contribution in [-0.4, -0.2) is 50.5 Å². The maximum absolute atomic E-state index is 13.5. The number of anilines is 1. The van der Waals surface area contributed by atoms with Crippen molar-refractivity contribution < 1.29 is 18.0 Å². The lowest BCUT2D eigenvalue weighted by molar-refractivity contribution is -0.139. The van der Waals surface area contributed by atoms with Gasteiger partial charge >= 0.3 is 0 Å². The summed E-state index contributed by atoms with van der Waals surface area (Å²) < 4.78 is 26.5. The van der Waals surface area contributed by atoms with Crippen LogP contribution in [0.2, 0.25) is 0 Å². The third-order valence-corrected chi connectivity index (χ3v) is 7.03. The Morgan fingerprint density at radius 2 is 1.57 bits per heavy atom. The Balaban J connectivity index is 2.37. The Labute approximate surface area is 210 Å². The van der Waals surface area contributed by atoms with E-state index < -0.39 is 28.5 Å². The lowest BCUT2D eigenvalue weighted by Gasteiger charge is -2.31. The molecule has 7 nitrogen and oxygen atoms in total. The molecule has 0 aliphatic heterocycles. The number of carbonyl (C=O) groups excluding carboxylic acids is 2. The minimum atomic E-state index is -3.75. The van der Waals surface area contributed by atoms with E-state index in [4.69, 9.17) is 0 Å². The molecule has 0 unspecified atom stereocenters. The average Bonchev–Trinajstić information content (AvgIpc) is 2.78. The molecule has 0 heterocycles. The molecule has 0 bridgehead atoms. The Hall–Kier alpha value is -2.87. The number of sulfonamides is 1. The van der Waals surface area contributed by atoms with E-state index in [1.807, 2.05) is 50.2 Å². The van der Waals surface area contributed by atoms with E-state index in [-0.39, 0.29) is 17.9 Å². The second kappa shape index (κ2) is 11.7. The molecule has 0 radical (unpaired) electrons. The van der Waals surface area contributed by atoms with E-state index in [2.05, 4.69) is 26.1 Å². The van der Waals surface area contributed by atoms with Gasteiger partial charge in [0.2, 0.25) is 21.8 Å². The van der Waals surface area contributed by atoms with Crippen molar-refractivity contribution in [2.24, 2.45) is 0 Å². The maximum Gasteiger partial charge on any atom is 0.244 e. The first kappa shape index (κ1) is 28.4. The highest BCUT2D eigenvalue weighted by Gasteiger charge is 2.30. The van der Waals surface area contributed by atoms with Crippen molar-refractivity contribution in [3.8, 4) is 0 Å². The zero-order valence-corrected chi connectivity index (χ0v) is 22.8. The van der Waals surface area contributed by atoms with E-state index in [9.17, 15) is 18.0 Å². The fraction of sp³-hybridized carbons (Fsp3) is 0.481. The van der Waals surface area contributed by atoms with Crippen LogP contribution in [0, 0.1) is 6.92 Å². The Morgan fingerprint density at radius 1 is 1.00 bits per heavy atom. The second-order valence-corrected chi connectivity index (χ2v) is 11.9. The molecule has 0 aliphatic carbocycles. The van der Waals surface area contributed by atoms with Crippen LogP contribution in [0.3, 0.4) is 0 Å². The van der Waals surface area contributed by atoms with Crippen LogP contribution >= 0.6 is 0 Å². The predicted molar refractivity (Wildman–Crippen MR) is 142 cm³/mol. The van der Waals surface area contributed by atoms with E-state index in [0.717, 1.165) is 33.7 Å². The first-order chi connectivity index (χ1) is 16.2. The summed E-state index contributed by atoms with van der Waals surface area (Å²) in [6.07, 6.45) is 1.86. The number of hydrogen-bond acceptors (Lipinski definition) is 4. The molecule has 2 aromatic carbocycles. The van der Waals surface area contributed by atoms with Gasteiger partial charge in [-0.2, -0.15) is 0 Å². The number of benzene rings is 2. The van der Waals surface area contributed by atoms with Crippen molar-refractivity contribution in [3.63, 3.8) is 0 Å². The molecule has 0 spiro atoms. The van der Waals surface area contributed by atoms with E-state index in [0.29, 0.717) is 12.2 Å². The van der Waals surface area contributed by atoms with E-state index in [1.165, 1.54) is 4.90 Å². The highest BCUT2D eigenvalue weighted by atomic mass is 32.2. The standard InChI is InChI=1S/C27H39N3O4S/c1-8-17-28-26(32)21(3)29(18-22-11-9-20(2)10-12-22)25(31)19-30(35(7,33)34)24-15-13-23(14-16-24)27(4,5)6/h9-16,21H,8,17-19H2,1-7H3,(H,28,32)/t21-/m1/s1. The Kier molecular flexibility index (Phi) is 9.49. The molecular weight excluding hydrogens is 462 g/mol. The molecule has 1 N–H and O–H groups in total. The molecule has 0 aliphatic rings. The van der Waals surface area contributed by atoms with Crippen molar-refractivity contribution in [2.45, 2.75) is 66.0 Å². The third-order valence-electron chi connectivity index (χ3n) is 5.89. The quantitative estimate of drug-likeness (QED) is 0.533. The van der Waals surface area contributed by atoms with Gasteiger partial charge in [0.1, 0.15) is 12.6 Å². The van der Waals surface area contributed by atoms with E-state index >= 15 is 0 Å². The highest BCUT2D eigenvalue weighted by Crippen LogP contribution is 2.26. The summed E-state index contributed by atoms with van der Waals surface area (Å²) in [6.45, 7) is 12.1. The van der Waals surface area contributed by atoms with Crippen LogP contribution in [0.1, 0.15) is 57.7 Å². The van der Waals surface area contributed by atoms with Gasteiger partial charge in [0, 0.05) is 13.1 Å². The summed E-state index contributed by atoms with van der Waals surface area (Å²) in [5.41, 5.74) is 3.33. The van der Waals surface area contributed by atoms with Crippen LogP contribution in [0.25, 0.3) is 0 Å². The maximum atomic E-state index is 13.5. The van der Waals surface area contributed by atoms with Gasteiger partial charge in [0.05, 0.1) is 11.9 Å². The lowest BCUT2D eigenvalue weighted by Crippen LogP contribution is -2.51. The Bertz CT molecular complexity index is 1100. The van der Waals surface area contributed by atoms with Crippen LogP contribution in [0.15, 0.2) is 48.5 Å². The molecular formula is C27H39N3O4S. The van der Waals surface area contributed by atoms with Gasteiger partial charge in [0.15, 0.2) is 0 Å². The Morgan fingerprint density at radius 3 is 2.06 bits per heavy atom. The molecule has 192 valence electrons. The summed E-state index contributed by atoms with van der Waals surface area (Å²) in [6, 6.07) is 14.1. The zero-order chi connectivity index (χ0) is 26.4. The van der Waals surface area contributed by atoms with Crippen molar-refractivity contribution in [2.75, 3.05) is 23.7 Å². The molecule has 0 saturated heterocycles. The van der Waals surface area contributed by atoms with Crippen LogP contribution < -0.4 is 9.62 Å². The van der Waals surface area contributed by atoms with Crippen molar-refractivity contribution in [1.29, 1.82) is 0 Å². The molecule has 0 saturated carbocycles. The largest absolute Gasteiger partial charge is 0.354 e. The van der Waals surface area contributed by atoms with Crippen molar-refractivity contribution >= 4 is 27.5 Å². The molecule has 2 aromatic rings. The van der Waals surface area contributed by atoms with Gasteiger partial charge in [-0.1, -0.05) is 69.7 Å². The van der Waals surface area contributed by atoms with Gasteiger partial charge in [-0.3, -0.25) is 13.9 Å². The summed E-state index contributed by atoms with van der Waals surface area (Å²) >= 11 is 0. The first-order valence-corrected chi connectivity index (χ1v) is 13.8. The minimum absolute atomic E-state index is 0.0869. The van der Waals surface area contributed by atoms with Crippen LogP contribution in [0.5, 0.6) is 0 Å². The second-order valence-electron chi connectivity index (χ2n) is 10.0. The number of nitrogens with zero attached hydrogens (tertiary/aromatic N) is 2. The number of rotatable bonds is 10. The molecule has 35 heavy (non-hydrogen) atoms. The molecule has 8 heteroatoms. The zero-order valence-electron chi connectivity index (χ0n) is 22.0. The van der Waals surface area contributed by atoms with Crippen molar-refractivity contribution in [1.82, 2.24) is 10.2 Å². The fourth-order valence-electron chi connectivity index (χ4n) is 3.61. The topological polar surface area (TPSA) is 86.8 Å². The first-order valence-electron chi connectivity index (χ1n) is 11.9. The van der Waals surface area contributed by atoms with Gasteiger partial charge in [-0.15, -0.1) is 0 Å². The lowest BCUT2D eigenvalue weighted by atomic mass is 9.87. The van der Waals surface area contributed by atoms with Gasteiger partial charge in [-0.25, -0.2) is 8.42 Å². The van der Waals surface area contributed by atoms with Crippen LogP contribution in [0.4, 0.5) is 5.69 Å². The minimum Gasteiger partial charge on any atom is -0.354 e. The van der Waals surface area contributed by atoms with Crippen molar-refractivity contribution in [3.05, 3.63) is 65.2 Å². The monoisotopic (exact) mass is 501 g/mol. The summed E-state index contributed by atoms with van der Waals surface area (Å²) in [7, 11) is -3.75. The predicted octanol–water partition coefficient (Wildman–Crippen LogP) is 4.00. The molecule has 2 amide bonds. The highest BCUT2D eigenvalue weighted by molar-refractivity contribution is 7.92. The SMILES string of the molecule is CCCNC(=O)[C@@H](C)N(Cc1ccc(C)cc1)C(=O)CN(c1ccc(C(C)(C)C)cc1)S(C)(=O)=O. The number of carbonyl (C=O) groups is 2. The van der Waals surface area contributed by atoms with Gasteiger partial charge in [-0.05, 0) is 48.9 Å².